The van der Waals surface area contributed by atoms with Crippen molar-refractivity contribution in [2.45, 2.75) is 13.0 Å². The second-order valence-corrected chi connectivity index (χ2v) is 9.02. The van der Waals surface area contributed by atoms with E-state index in [1.807, 2.05) is 37.3 Å². The van der Waals surface area contributed by atoms with Crippen LogP contribution in [-0.4, -0.2) is 63.0 Å². The molecular weight excluding hydrogens is 464 g/mol. The van der Waals surface area contributed by atoms with E-state index in [9.17, 15) is 14.4 Å². The summed E-state index contributed by atoms with van der Waals surface area (Å²) in [7, 11) is 0. The Kier molecular flexibility index (Phi) is 6.09. The zero-order valence-corrected chi connectivity index (χ0v) is 19.8. The Bertz CT molecular complexity index is 1420. The molecule has 5 rings (SSSR count). The van der Waals surface area contributed by atoms with Gasteiger partial charge in [-0.25, -0.2) is 0 Å². The first-order valence-electron chi connectivity index (χ1n) is 11.4. The minimum absolute atomic E-state index is 0.0743. The van der Waals surface area contributed by atoms with E-state index in [1.165, 1.54) is 0 Å². The number of Topliss-reactive ketones (excluding diaryl/α,β-unsaturated/α-hetero) is 1. The molecule has 0 radical (unpaired) electrons. The number of nitrogens with zero attached hydrogens (tertiary/aromatic N) is 3. The molecule has 0 unspecified atom stereocenters. The van der Waals surface area contributed by atoms with Crippen molar-refractivity contribution in [2.24, 2.45) is 0 Å². The summed E-state index contributed by atoms with van der Waals surface area (Å²) in [4.78, 5) is 50.1. The molecule has 7 nitrogen and oxygen atoms in total. The predicted molar refractivity (Wildman–Crippen MR) is 134 cm³/mol. The summed E-state index contributed by atoms with van der Waals surface area (Å²) in [5, 5.41) is 1.25. The van der Waals surface area contributed by atoms with E-state index in [1.54, 1.807) is 52.5 Å². The molecule has 0 saturated carbocycles. The molecule has 1 aliphatic heterocycles. The van der Waals surface area contributed by atoms with Gasteiger partial charge in [-0.05, 0) is 37.3 Å². The minimum Gasteiger partial charge on any atom is -0.359 e. The third kappa shape index (κ3) is 4.31. The number of ketones is 1. The van der Waals surface area contributed by atoms with Gasteiger partial charge in [0.2, 0.25) is 0 Å². The predicted octanol–water partition coefficient (Wildman–Crippen LogP) is 4.44. The number of hydrogen-bond donors (Lipinski definition) is 1. The summed E-state index contributed by atoms with van der Waals surface area (Å²) in [6.45, 7) is 2.89. The number of amides is 2. The van der Waals surface area contributed by atoms with E-state index in [4.69, 9.17) is 11.6 Å². The summed E-state index contributed by atoms with van der Waals surface area (Å²) in [5.74, 6) is -1.23. The third-order valence-corrected chi connectivity index (χ3v) is 6.61. The Morgan fingerprint density at radius 2 is 1.74 bits per heavy atom. The Balaban J connectivity index is 1.35. The Morgan fingerprint density at radius 3 is 2.46 bits per heavy atom. The van der Waals surface area contributed by atoms with Crippen LogP contribution in [0.3, 0.4) is 0 Å². The topological polar surface area (TPSA) is 86.4 Å². The SMILES string of the molecule is C[C@@H]1CN(C(=O)c2ccccc2)CCN1C(=O)C(=O)c1c[nH]c2c(-c3ccc(Cl)cc3)nccc12. The van der Waals surface area contributed by atoms with Gasteiger partial charge in [0, 0.05) is 59.6 Å². The fourth-order valence-electron chi connectivity index (χ4n) is 4.52. The fraction of sp³-hybridized carbons (Fsp3) is 0.185. The van der Waals surface area contributed by atoms with Crippen LogP contribution < -0.4 is 0 Å². The van der Waals surface area contributed by atoms with Crippen molar-refractivity contribution in [3.63, 3.8) is 0 Å². The zero-order chi connectivity index (χ0) is 24.5. The van der Waals surface area contributed by atoms with Gasteiger partial charge in [0.1, 0.15) is 0 Å². The molecule has 2 aromatic heterocycles. The van der Waals surface area contributed by atoms with Crippen LogP contribution in [0, 0.1) is 0 Å². The highest BCUT2D eigenvalue weighted by Gasteiger charge is 2.34. The largest absolute Gasteiger partial charge is 0.359 e. The summed E-state index contributed by atoms with van der Waals surface area (Å²) in [5.41, 5.74) is 3.11. The second kappa shape index (κ2) is 9.35. The number of aromatic amines is 1. The lowest BCUT2D eigenvalue weighted by Gasteiger charge is -2.39. The average Bonchev–Trinajstić information content (AvgIpc) is 3.33. The molecule has 176 valence electrons. The number of pyridine rings is 1. The van der Waals surface area contributed by atoms with Gasteiger partial charge in [-0.3, -0.25) is 19.4 Å². The summed E-state index contributed by atoms with van der Waals surface area (Å²) in [6, 6.07) is 17.8. The molecule has 0 spiro atoms. The van der Waals surface area contributed by atoms with Crippen LogP contribution in [0.1, 0.15) is 27.6 Å². The van der Waals surface area contributed by atoms with Crippen LogP contribution in [-0.2, 0) is 4.79 Å². The van der Waals surface area contributed by atoms with Crippen molar-refractivity contribution < 1.29 is 14.4 Å². The monoisotopic (exact) mass is 486 g/mol. The molecule has 35 heavy (non-hydrogen) atoms. The van der Waals surface area contributed by atoms with E-state index in [-0.39, 0.29) is 11.9 Å². The maximum atomic E-state index is 13.3. The van der Waals surface area contributed by atoms with Crippen LogP contribution in [0.4, 0.5) is 0 Å². The molecule has 0 aliphatic carbocycles. The number of piperazine rings is 1. The molecule has 1 aliphatic rings. The Labute approximate surface area is 207 Å². The number of halogens is 1. The van der Waals surface area contributed by atoms with Crippen LogP contribution in [0.2, 0.25) is 5.02 Å². The van der Waals surface area contributed by atoms with Crippen molar-refractivity contribution in [1.82, 2.24) is 19.8 Å². The third-order valence-electron chi connectivity index (χ3n) is 6.35. The van der Waals surface area contributed by atoms with Crippen LogP contribution in [0.15, 0.2) is 73.1 Å². The van der Waals surface area contributed by atoms with Crippen molar-refractivity contribution in [1.29, 1.82) is 0 Å². The number of fused-ring (bicyclic) bond motifs is 1. The number of carbonyl (C=O) groups is 3. The van der Waals surface area contributed by atoms with Gasteiger partial charge in [0.05, 0.1) is 16.8 Å². The molecule has 4 aromatic rings. The maximum absolute atomic E-state index is 13.3. The number of nitrogens with one attached hydrogen (secondary N) is 1. The van der Waals surface area contributed by atoms with Gasteiger partial charge >= 0.3 is 0 Å². The number of H-pyrrole nitrogens is 1. The quantitative estimate of drug-likeness (QED) is 0.341. The Hall–Kier alpha value is -3.97. The van der Waals surface area contributed by atoms with E-state index >= 15 is 0 Å². The van der Waals surface area contributed by atoms with E-state index in [2.05, 4.69) is 9.97 Å². The Morgan fingerprint density at radius 1 is 1.00 bits per heavy atom. The number of benzene rings is 2. The highest BCUT2D eigenvalue weighted by Crippen LogP contribution is 2.29. The smallest absolute Gasteiger partial charge is 0.295 e. The normalized spacial score (nSPS) is 15.9. The van der Waals surface area contributed by atoms with Crippen LogP contribution >= 0.6 is 11.6 Å². The second-order valence-electron chi connectivity index (χ2n) is 8.59. The van der Waals surface area contributed by atoms with Crippen molar-refractivity contribution in [3.05, 3.63) is 89.2 Å². The first-order chi connectivity index (χ1) is 16.9. The molecule has 0 bridgehead atoms. The van der Waals surface area contributed by atoms with Gasteiger partial charge < -0.3 is 14.8 Å². The highest BCUT2D eigenvalue weighted by atomic mass is 35.5. The van der Waals surface area contributed by atoms with Crippen molar-refractivity contribution in [2.75, 3.05) is 19.6 Å². The average molecular weight is 487 g/mol. The summed E-state index contributed by atoms with van der Waals surface area (Å²) >= 11 is 6.00. The molecular formula is C27H23ClN4O3. The van der Waals surface area contributed by atoms with Crippen LogP contribution in [0.25, 0.3) is 22.2 Å². The lowest BCUT2D eigenvalue weighted by atomic mass is 10.0. The number of rotatable bonds is 4. The maximum Gasteiger partial charge on any atom is 0.295 e. The lowest BCUT2D eigenvalue weighted by molar-refractivity contribution is -0.130. The molecule has 1 N–H and O–H groups in total. The first-order valence-corrected chi connectivity index (χ1v) is 11.7. The highest BCUT2D eigenvalue weighted by molar-refractivity contribution is 6.45. The van der Waals surface area contributed by atoms with Gasteiger partial charge in [0.15, 0.2) is 0 Å². The van der Waals surface area contributed by atoms with Gasteiger partial charge in [0.25, 0.3) is 17.6 Å². The molecule has 8 heteroatoms. The van der Waals surface area contributed by atoms with Gasteiger partial charge in [-0.1, -0.05) is 41.9 Å². The van der Waals surface area contributed by atoms with Gasteiger partial charge in [-0.2, -0.15) is 0 Å². The van der Waals surface area contributed by atoms with Crippen molar-refractivity contribution >= 4 is 40.1 Å². The molecule has 1 saturated heterocycles. The van der Waals surface area contributed by atoms with Crippen molar-refractivity contribution in [3.8, 4) is 11.3 Å². The molecule has 3 heterocycles. The number of aromatic nitrogens is 2. The van der Waals surface area contributed by atoms with E-state index in [0.29, 0.717) is 52.4 Å². The molecule has 2 amide bonds. The standard InChI is InChI=1S/C27H23ClN4O3/c1-17-16-31(26(34)19-5-3-2-4-6-19)13-14-32(17)27(35)25(33)22-15-30-24-21(22)11-12-29-23(24)18-7-9-20(28)10-8-18/h2-12,15,17,30H,13-14,16H2,1H3/t17-/m1/s1. The molecule has 1 fully saturated rings. The summed E-state index contributed by atoms with van der Waals surface area (Å²) in [6.07, 6.45) is 3.18. The fourth-order valence-corrected chi connectivity index (χ4v) is 4.65. The first kappa shape index (κ1) is 22.8. The van der Waals surface area contributed by atoms with Gasteiger partial charge in [-0.15, -0.1) is 0 Å². The zero-order valence-electron chi connectivity index (χ0n) is 19.1. The minimum atomic E-state index is -0.584. The van der Waals surface area contributed by atoms with Crippen LogP contribution in [0.5, 0.6) is 0 Å². The van der Waals surface area contributed by atoms with E-state index < -0.39 is 11.7 Å². The lowest BCUT2D eigenvalue weighted by Crippen LogP contribution is -2.56. The summed E-state index contributed by atoms with van der Waals surface area (Å²) < 4.78 is 0. The van der Waals surface area contributed by atoms with E-state index in [0.717, 1.165) is 5.56 Å². The number of carbonyl (C=O) groups excluding carboxylic acids is 3. The molecule has 2 aromatic carbocycles. The number of hydrogen-bond acceptors (Lipinski definition) is 4. The molecule has 1 atom stereocenters.